The minimum atomic E-state index is 0. The standard InChI is InChI=1S/C6H11N3.ClH/c1-5(7)6-3-4-8-9(6)2;/h3-5H,7H2,1-2H3;1H/t5-;/m0./s1. The van der Waals surface area contributed by atoms with E-state index >= 15 is 0 Å². The summed E-state index contributed by atoms with van der Waals surface area (Å²) in [6.07, 6.45) is 1.75. The zero-order valence-electron chi connectivity index (χ0n) is 6.11. The maximum atomic E-state index is 5.60. The highest BCUT2D eigenvalue weighted by Crippen LogP contribution is 2.05. The van der Waals surface area contributed by atoms with E-state index < -0.39 is 0 Å². The van der Waals surface area contributed by atoms with Crippen molar-refractivity contribution in [2.75, 3.05) is 0 Å². The molecule has 0 amide bonds. The smallest absolute Gasteiger partial charge is 0.0545 e. The van der Waals surface area contributed by atoms with Crippen LogP contribution < -0.4 is 5.73 Å². The van der Waals surface area contributed by atoms with Crippen LogP contribution in [0, 0.1) is 0 Å². The summed E-state index contributed by atoms with van der Waals surface area (Å²) in [5.41, 5.74) is 6.66. The molecule has 0 unspecified atom stereocenters. The summed E-state index contributed by atoms with van der Waals surface area (Å²) in [7, 11) is 1.89. The van der Waals surface area contributed by atoms with Gasteiger partial charge in [-0.15, -0.1) is 12.4 Å². The Hall–Kier alpha value is -0.540. The Labute approximate surface area is 66.6 Å². The van der Waals surface area contributed by atoms with Gasteiger partial charge in [0, 0.05) is 19.3 Å². The van der Waals surface area contributed by atoms with Gasteiger partial charge in [0.15, 0.2) is 0 Å². The Balaban J connectivity index is 0.000000810. The first-order valence-corrected chi connectivity index (χ1v) is 2.95. The molecule has 0 saturated heterocycles. The largest absolute Gasteiger partial charge is 0.323 e. The third-order valence-electron chi connectivity index (χ3n) is 1.33. The molecule has 0 saturated carbocycles. The van der Waals surface area contributed by atoms with Crippen LogP contribution in [0.1, 0.15) is 18.7 Å². The van der Waals surface area contributed by atoms with E-state index in [-0.39, 0.29) is 18.4 Å². The fourth-order valence-corrected chi connectivity index (χ4v) is 0.831. The lowest BCUT2D eigenvalue weighted by Gasteiger charge is -2.03. The van der Waals surface area contributed by atoms with E-state index in [9.17, 15) is 0 Å². The van der Waals surface area contributed by atoms with Gasteiger partial charge in [-0.05, 0) is 13.0 Å². The number of nitrogens with two attached hydrogens (primary N) is 1. The van der Waals surface area contributed by atoms with Gasteiger partial charge in [-0.25, -0.2) is 0 Å². The summed E-state index contributed by atoms with van der Waals surface area (Å²) in [6, 6.07) is 2.00. The van der Waals surface area contributed by atoms with Crippen LogP contribution in [-0.2, 0) is 7.05 Å². The Morgan fingerprint density at radius 3 is 2.50 bits per heavy atom. The normalized spacial score (nSPS) is 12.3. The van der Waals surface area contributed by atoms with Crippen LogP contribution in [0.2, 0.25) is 0 Å². The number of rotatable bonds is 1. The van der Waals surface area contributed by atoms with Gasteiger partial charge < -0.3 is 5.73 Å². The number of hydrogen-bond donors (Lipinski definition) is 1. The van der Waals surface area contributed by atoms with Crippen LogP contribution in [0.15, 0.2) is 12.3 Å². The lowest BCUT2D eigenvalue weighted by molar-refractivity contribution is 0.654. The van der Waals surface area contributed by atoms with Crippen molar-refractivity contribution < 1.29 is 0 Å². The van der Waals surface area contributed by atoms with E-state index in [2.05, 4.69) is 5.10 Å². The molecule has 1 rings (SSSR count). The molecule has 0 aromatic carbocycles. The van der Waals surface area contributed by atoms with Crippen molar-refractivity contribution in [3.05, 3.63) is 18.0 Å². The van der Waals surface area contributed by atoms with Crippen molar-refractivity contribution in [3.8, 4) is 0 Å². The molecule has 1 atom stereocenters. The van der Waals surface area contributed by atoms with Crippen molar-refractivity contribution in [3.63, 3.8) is 0 Å². The molecule has 1 aromatic heterocycles. The average Bonchev–Trinajstić information content (AvgIpc) is 2.13. The Morgan fingerprint density at radius 1 is 1.70 bits per heavy atom. The molecule has 1 heterocycles. The predicted molar refractivity (Wildman–Crippen MR) is 43.1 cm³/mol. The van der Waals surface area contributed by atoms with E-state index in [4.69, 9.17) is 5.73 Å². The first kappa shape index (κ1) is 9.46. The molecule has 4 heteroatoms. The molecule has 2 N–H and O–H groups in total. The van der Waals surface area contributed by atoms with Gasteiger partial charge in [0.1, 0.15) is 0 Å². The first-order valence-electron chi connectivity index (χ1n) is 2.95. The molecule has 0 aliphatic rings. The third-order valence-corrected chi connectivity index (χ3v) is 1.33. The van der Waals surface area contributed by atoms with Crippen molar-refractivity contribution in [2.24, 2.45) is 12.8 Å². The van der Waals surface area contributed by atoms with Crippen molar-refractivity contribution >= 4 is 12.4 Å². The first-order chi connectivity index (χ1) is 4.22. The Morgan fingerprint density at radius 2 is 2.30 bits per heavy atom. The summed E-state index contributed by atoms with van der Waals surface area (Å²) in [5.74, 6) is 0. The molecule has 0 fully saturated rings. The molecule has 0 aliphatic heterocycles. The molecule has 10 heavy (non-hydrogen) atoms. The van der Waals surface area contributed by atoms with Crippen molar-refractivity contribution in [1.82, 2.24) is 9.78 Å². The Kier molecular flexibility index (Phi) is 3.39. The second-order valence-electron chi connectivity index (χ2n) is 2.17. The molecule has 0 aliphatic carbocycles. The number of aryl methyl sites for hydroxylation is 1. The summed E-state index contributed by atoms with van der Waals surface area (Å²) in [4.78, 5) is 0. The summed E-state index contributed by atoms with van der Waals surface area (Å²) >= 11 is 0. The molecule has 58 valence electrons. The zero-order chi connectivity index (χ0) is 6.85. The van der Waals surface area contributed by atoms with Crippen LogP contribution in [0.3, 0.4) is 0 Å². The second-order valence-corrected chi connectivity index (χ2v) is 2.17. The van der Waals surface area contributed by atoms with Gasteiger partial charge in [-0.2, -0.15) is 5.10 Å². The summed E-state index contributed by atoms with van der Waals surface area (Å²) in [5, 5.41) is 3.97. The third kappa shape index (κ3) is 1.72. The van der Waals surface area contributed by atoms with E-state index in [1.807, 2.05) is 20.0 Å². The number of nitrogens with zero attached hydrogens (tertiary/aromatic N) is 2. The SMILES string of the molecule is C[C@H](N)c1ccnn1C.Cl. The minimum absolute atomic E-state index is 0. The van der Waals surface area contributed by atoms with Crippen molar-refractivity contribution in [1.29, 1.82) is 0 Å². The molecule has 3 nitrogen and oxygen atoms in total. The van der Waals surface area contributed by atoms with Crippen LogP contribution in [0.5, 0.6) is 0 Å². The molecule has 0 spiro atoms. The Bertz CT molecular complexity index is 195. The minimum Gasteiger partial charge on any atom is -0.323 e. The lowest BCUT2D eigenvalue weighted by atomic mass is 10.2. The summed E-state index contributed by atoms with van der Waals surface area (Å²) < 4.78 is 1.78. The fourth-order valence-electron chi connectivity index (χ4n) is 0.831. The van der Waals surface area contributed by atoms with Gasteiger partial charge in [-0.3, -0.25) is 4.68 Å². The maximum absolute atomic E-state index is 5.60. The molecule has 0 radical (unpaired) electrons. The van der Waals surface area contributed by atoms with Gasteiger partial charge in [0.05, 0.1) is 5.69 Å². The van der Waals surface area contributed by atoms with Crippen LogP contribution in [0.25, 0.3) is 0 Å². The number of halogens is 1. The monoisotopic (exact) mass is 161 g/mol. The summed E-state index contributed by atoms with van der Waals surface area (Å²) in [6.45, 7) is 1.94. The van der Waals surface area contributed by atoms with Crippen molar-refractivity contribution in [2.45, 2.75) is 13.0 Å². The van der Waals surface area contributed by atoms with E-state index in [1.54, 1.807) is 10.9 Å². The van der Waals surface area contributed by atoms with Gasteiger partial charge in [-0.1, -0.05) is 0 Å². The number of hydrogen-bond acceptors (Lipinski definition) is 2. The van der Waals surface area contributed by atoms with Crippen LogP contribution in [0.4, 0.5) is 0 Å². The van der Waals surface area contributed by atoms with Gasteiger partial charge >= 0.3 is 0 Å². The lowest BCUT2D eigenvalue weighted by Crippen LogP contribution is -2.10. The van der Waals surface area contributed by atoms with Crippen LogP contribution in [-0.4, -0.2) is 9.78 Å². The highest BCUT2D eigenvalue weighted by Gasteiger charge is 2.01. The molecular weight excluding hydrogens is 150 g/mol. The van der Waals surface area contributed by atoms with Crippen LogP contribution >= 0.6 is 12.4 Å². The average molecular weight is 162 g/mol. The highest BCUT2D eigenvalue weighted by molar-refractivity contribution is 5.85. The van der Waals surface area contributed by atoms with Gasteiger partial charge in [0.25, 0.3) is 0 Å². The van der Waals surface area contributed by atoms with E-state index in [1.165, 1.54) is 0 Å². The fraction of sp³-hybridized carbons (Fsp3) is 0.500. The quantitative estimate of drug-likeness (QED) is 0.664. The molecule has 0 bridgehead atoms. The number of aromatic nitrogens is 2. The maximum Gasteiger partial charge on any atom is 0.0545 e. The molecule has 1 aromatic rings. The topological polar surface area (TPSA) is 43.8 Å². The van der Waals surface area contributed by atoms with Gasteiger partial charge in [0.2, 0.25) is 0 Å². The zero-order valence-corrected chi connectivity index (χ0v) is 6.93. The van der Waals surface area contributed by atoms with E-state index in [0.717, 1.165) is 5.69 Å². The predicted octanol–water partition coefficient (Wildman–Crippen LogP) is 0.862. The highest BCUT2D eigenvalue weighted by atomic mass is 35.5. The second kappa shape index (κ2) is 3.58. The molecular formula is C6H12ClN3. The van der Waals surface area contributed by atoms with E-state index in [0.29, 0.717) is 0 Å².